The van der Waals surface area contributed by atoms with Gasteiger partial charge in [0.1, 0.15) is 6.61 Å². The van der Waals surface area contributed by atoms with Gasteiger partial charge in [-0.3, -0.25) is 9.59 Å². The van der Waals surface area contributed by atoms with Gasteiger partial charge in [-0.15, -0.1) is 0 Å². The number of ether oxygens (including phenoxy) is 2. The van der Waals surface area contributed by atoms with Crippen molar-refractivity contribution in [3.63, 3.8) is 0 Å². The molecule has 1 aliphatic rings. The Kier molecular flexibility index (Phi) is 6.36. The van der Waals surface area contributed by atoms with Gasteiger partial charge in [-0.2, -0.15) is 0 Å². The summed E-state index contributed by atoms with van der Waals surface area (Å²) in [6.45, 7) is 3.16. The van der Waals surface area contributed by atoms with Crippen molar-refractivity contribution in [1.29, 1.82) is 0 Å². The standard InChI is InChI=1S/C16H22N2O4/c1-21-11-12-22-13-15(19)17-7-9-18(10-8-17)16(20)14-5-3-2-4-6-14/h2-6H,7-13H2,1H3. The van der Waals surface area contributed by atoms with Gasteiger partial charge in [0.2, 0.25) is 5.91 Å². The molecule has 0 bridgehead atoms. The fourth-order valence-corrected chi connectivity index (χ4v) is 2.32. The number of benzene rings is 1. The van der Waals surface area contributed by atoms with Crippen LogP contribution < -0.4 is 0 Å². The Morgan fingerprint density at radius 3 is 2.27 bits per heavy atom. The maximum Gasteiger partial charge on any atom is 0.253 e. The van der Waals surface area contributed by atoms with Crippen molar-refractivity contribution < 1.29 is 19.1 Å². The third-order valence-corrected chi connectivity index (χ3v) is 3.60. The largest absolute Gasteiger partial charge is 0.382 e. The molecule has 0 unspecified atom stereocenters. The Labute approximate surface area is 130 Å². The molecule has 2 amide bonds. The van der Waals surface area contributed by atoms with E-state index in [0.29, 0.717) is 45.0 Å². The Balaban J connectivity index is 1.75. The molecule has 6 heteroatoms. The van der Waals surface area contributed by atoms with E-state index in [1.54, 1.807) is 16.9 Å². The molecule has 0 aliphatic carbocycles. The molecule has 0 aromatic heterocycles. The first kappa shape index (κ1) is 16.5. The van der Waals surface area contributed by atoms with Crippen LogP contribution in [0.2, 0.25) is 0 Å². The van der Waals surface area contributed by atoms with Crippen LogP contribution in [-0.4, -0.2) is 74.7 Å². The normalized spacial score (nSPS) is 15.0. The molecule has 1 heterocycles. The van der Waals surface area contributed by atoms with E-state index in [0.717, 1.165) is 0 Å². The summed E-state index contributed by atoms with van der Waals surface area (Å²) >= 11 is 0. The molecule has 1 saturated heterocycles. The minimum absolute atomic E-state index is 0.0176. The van der Waals surface area contributed by atoms with Gasteiger partial charge in [-0.1, -0.05) is 18.2 Å². The second-order valence-corrected chi connectivity index (χ2v) is 5.08. The highest BCUT2D eigenvalue weighted by molar-refractivity contribution is 5.94. The lowest BCUT2D eigenvalue weighted by Crippen LogP contribution is -2.51. The fraction of sp³-hybridized carbons (Fsp3) is 0.500. The summed E-state index contributed by atoms with van der Waals surface area (Å²) < 4.78 is 10.1. The minimum Gasteiger partial charge on any atom is -0.382 e. The zero-order valence-electron chi connectivity index (χ0n) is 12.9. The highest BCUT2D eigenvalue weighted by Gasteiger charge is 2.24. The average Bonchev–Trinajstić information content (AvgIpc) is 2.59. The number of piperazine rings is 1. The van der Waals surface area contributed by atoms with Crippen LogP contribution in [-0.2, 0) is 14.3 Å². The summed E-state index contributed by atoms with van der Waals surface area (Å²) in [4.78, 5) is 27.8. The molecule has 22 heavy (non-hydrogen) atoms. The lowest BCUT2D eigenvalue weighted by molar-refractivity contribution is -0.138. The van der Waals surface area contributed by atoms with Crippen molar-refractivity contribution in [3.8, 4) is 0 Å². The van der Waals surface area contributed by atoms with E-state index < -0.39 is 0 Å². The molecule has 120 valence electrons. The van der Waals surface area contributed by atoms with Crippen LogP contribution in [0, 0.1) is 0 Å². The Morgan fingerprint density at radius 1 is 1.00 bits per heavy atom. The third-order valence-electron chi connectivity index (χ3n) is 3.60. The van der Waals surface area contributed by atoms with Crippen LogP contribution in [0.1, 0.15) is 10.4 Å². The lowest BCUT2D eigenvalue weighted by atomic mass is 10.2. The molecule has 1 aromatic rings. The monoisotopic (exact) mass is 306 g/mol. The fourth-order valence-electron chi connectivity index (χ4n) is 2.32. The van der Waals surface area contributed by atoms with Gasteiger partial charge in [0, 0.05) is 38.9 Å². The van der Waals surface area contributed by atoms with E-state index in [1.807, 2.05) is 30.3 Å². The van der Waals surface area contributed by atoms with Gasteiger partial charge in [0.05, 0.1) is 13.2 Å². The van der Waals surface area contributed by atoms with Crippen LogP contribution in [0.15, 0.2) is 30.3 Å². The van der Waals surface area contributed by atoms with Crippen LogP contribution in [0.3, 0.4) is 0 Å². The summed E-state index contributed by atoms with van der Waals surface area (Å²) in [5, 5.41) is 0. The molecular formula is C16H22N2O4. The van der Waals surface area contributed by atoms with Crippen molar-refractivity contribution in [2.24, 2.45) is 0 Å². The van der Waals surface area contributed by atoms with Crippen molar-refractivity contribution in [1.82, 2.24) is 9.80 Å². The smallest absolute Gasteiger partial charge is 0.253 e. The highest BCUT2D eigenvalue weighted by Crippen LogP contribution is 2.09. The van der Waals surface area contributed by atoms with Gasteiger partial charge >= 0.3 is 0 Å². The van der Waals surface area contributed by atoms with Gasteiger partial charge < -0.3 is 19.3 Å². The number of nitrogens with zero attached hydrogens (tertiary/aromatic N) is 2. The second kappa shape index (κ2) is 8.51. The zero-order valence-corrected chi connectivity index (χ0v) is 12.9. The number of hydrogen-bond donors (Lipinski definition) is 0. The summed E-state index contributed by atoms with van der Waals surface area (Å²) in [5.41, 5.74) is 0.685. The maximum atomic E-state index is 12.3. The van der Waals surface area contributed by atoms with Crippen molar-refractivity contribution in [2.75, 3.05) is 53.1 Å². The number of carbonyl (C=O) groups is 2. The SMILES string of the molecule is COCCOCC(=O)N1CCN(C(=O)c2ccccc2)CC1. The van der Waals surface area contributed by atoms with Crippen LogP contribution >= 0.6 is 0 Å². The number of amides is 2. The third kappa shape index (κ3) is 4.54. The molecule has 0 spiro atoms. The summed E-state index contributed by atoms with van der Waals surface area (Å²) in [6, 6.07) is 9.21. The molecule has 0 radical (unpaired) electrons. The van der Waals surface area contributed by atoms with Crippen LogP contribution in [0.4, 0.5) is 0 Å². The summed E-state index contributed by atoms with van der Waals surface area (Å²) in [6.07, 6.45) is 0. The minimum atomic E-state index is -0.0390. The molecule has 1 fully saturated rings. The Hall–Kier alpha value is -1.92. The maximum absolute atomic E-state index is 12.3. The molecule has 6 nitrogen and oxygen atoms in total. The molecule has 0 atom stereocenters. The van der Waals surface area contributed by atoms with Crippen molar-refractivity contribution >= 4 is 11.8 Å². The van der Waals surface area contributed by atoms with E-state index in [2.05, 4.69) is 0 Å². The quantitative estimate of drug-likeness (QED) is 0.724. The number of carbonyl (C=O) groups excluding carboxylic acids is 2. The van der Waals surface area contributed by atoms with Crippen LogP contribution in [0.5, 0.6) is 0 Å². The first-order valence-corrected chi connectivity index (χ1v) is 7.41. The highest BCUT2D eigenvalue weighted by atomic mass is 16.5. The van der Waals surface area contributed by atoms with Crippen molar-refractivity contribution in [3.05, 3.63) is 35.9 Å². The van der Waals surface area contributed by atoms with Crippen molar-refractivity contribution in [2.45, 2.75) is 0 Å². The van der Waals surface area contributed by atoms with E-state index in [9.17, 15) is 9.59 Å². The predicted molar refractivity (Wildman–Crippen MR) is 81.6 cm³/mol. The number of rotatable bonds is 6. The summed E-state index contributed by atoms with van der Waals surface area (Å²) in [7, 11) is 1.59. The zero-order chi connectivity index (χ0) is 15.8. The van der Waals surface area contributed by atoms with Gasteiger partial charge in [0.15, 0.2) is 0 Å². The van der Waals surface area contributed by atoms with Gasteiger partial charge in [0.25, 0.3) is 5.91 Å². The first-order valence-electron chi connectivity index (χ1n) is 7.41. The number of methoxy groups -OCH3 is 1. The predicted octanol–water partition coefficient (Wildman–Crippen LogP) is 0.634. The average molecular weight is 306 g/mol. The molecule has 1 aromatic carbocycles. The molecule has 0 N–H and O–H groups in total. The summed E-state index contributed by atoms with van der Waals surface area (Å²) in [5.74, 6) is -0.0213. The topological polar surface area (TPSA) is 59.1 Å². The molecule has 2 rings (SSSR count). The van der Waals surface area contributed by atoms with E-state index in [-0.39, 0.29) is 18.4 Å². The van der Waals surface area contributed by atoms with E-state index >= 15 is 0 Å². The first-order chi connectivity index (χ1) is 10.7. The molecule has 1 aliphatic heterocycles. The molecule has 0 saturated carbocycles. The Bertz CT molecular complexity index is 484. The van der Waals surface area contributed by atoms with Gasteiger partial charge in [-0.25, -0.2) is 0 Å². The van der Waals surface area contributed by atoms with Crippen LogP contribution in [0.25, 0.3) is 0 Å². The lowest BCUT2D eigenvalue weighted by Gasteiger charge is -2.34. The number of hydrogen-bond acceptors (Lipinski definition) is 4. The van der Waals surface area contributed by atoms with E-state index in [1.165, 1.54) is 0 Å². The molecular weight excluding hydrogens is 284 g/mol. The van der Waals surface area contributed by atoms with Gasteiger partial charge in [-0.05, 0) is 12.1 Å². The Morgan fingerprint density at radius 2 is 1.64 bits per heavy atom. The van der Waals surface area contributed by atoms with E-state index in [4.69, 9.17) is 9.47 Å². The second-order valence-electron chi connectivity index (χ2n) is 5.08.